The van der Waals surface area contributed by atoms with Gasteiger partial charge >= 0.3 is 13.8 Å². The van der Waals surface area contributed by atoms with Crippen LogP contribution in [0.25, 0.3) is 0 Å². The van der Waals surface area contributed by atoms with Crippen molar-refractivity contribution in [3.63, 3.8) is 0 Å². The van der Waals surface area contributed by atoms with E-state index in [0.29, 0.717) is 6.42 Å². The van der Waals surface area contributed by atoms with Crippen molar-refractivity contribution < 1.29 is 28.8 Å². The maximum atomic E-state index is 10.6. The summed E-state index contributed by atoms with van der Waals surface area (Å²) in [6.45, 7) is 1.59. The van der Waals surface area contributed by atoms with Gasteiger partial charge in [-0.2, -0.15) is 0 Å². The van der Waals surface area contributed by atoms with Gasteiger partial charge in [0.15, 0.2) is 0 Å². The van der Waals surface area contributed by atoms with E-state index in [1.807, 2.05) is 0 Å². The SMILES string of the molecule is C[C@@H](Cc1ccc(OP(=O)(O)O)cc1)C(=O)O. The predicted molar refractivity (Wildman–Crippen MR) is 59.6 cm³/mol. The van der Waals surface area contributed by atoms with Gasteiger partial charge in [0, 0.05) is 0 Å². The first-order valence-corrected chi connectivity index (χ1v) is 6.38. The van der Waals surface area contributed by atoms with E-state index < -0.39 is 19.7 Å². The third-order valence-corrected chi connectivity index (χ3v) is 2.56. The van der Waals surface area contributed by atoms with Crippen molar-refractivity contribution in [3.8, 4) is 5.75 Å². The van der Waals surface area contributed by atoms with Crippen LogP contribution in [0.1, 0.15) is 12.5 Å². The predicted octanol–water partition coefficient (Wildman–Crippen LogP) is 1.42. The van der Waals surface area contributed by atoms with E-state index in [4.69, 9.17) is 14.9 Å². The molecule has 17 heavy (non-hydrogen) atoms. The van der Waals surface area contributed by atoms with Gasteiger partial charge in [0.2, 0.25) is 0 Å². The van der Waals surface area contributed by atoms with Gasteiger partial charge < -0.3 is 9.63 Å². The van der Waals surface area contributed by atoms with Gasteiger partial charge in [-0.3, -0.25) is 14.6 Å². The van der Waals surface area contributed by atoms with E-state index in [2.05, 4.69) is 4.52 Å². The zero-order valence-corrected chi connectivity index (χ0v) is 10.0. The van der Waals surface area contributed by atoms with Crippen molar-refractivity contribution in [2.24, 2.45) is 5.92 Å². The molecule has 1 atom stereocenters. The summed E-state index contributed by atoms with van der Waals surface area (Å²) in [7, 11) is -4.54. The highest BCUT2D eigenvalue weighted by Gasteiger charge is 2.16. The molecule has 0 aromatic heterocycles. The fourth-order valence-electron chi connectivity index (χ4n) is 1.26. The fraction of sp³-hybridized carbons (Fsp3) is 0.300. The van der Waals surface area contributed by atoms with Crippen LogP contribution < -0.4 is 4.52 Å². The molecule has 1 aromatic rings. The number of hydrogen-bond acceptors (Lipinski definition) is 3. The Hall–Kier alpha value is -1.36. The molecule has 0 aliphatic carbocycles. The highest BCUT2D eigenvalue weighted by molar-refractivity contribution is 7.46. The quantitative estimate of drug-likeness (QED) is 0.691. The number of hydrogen-bond donors (Lipinski definition) is 3. The lowest BCUT2D eigenvalue weighted by Gasteiger charge is -2.09. The minimum atomic E-state index is -4.54. The maximum absolute atomic E-state index is 10.6. The lowest BCUT2D eigenvalue weighted by molar-refractivity contribution is -0.141. The molecule has 0 amide bonds. The molecule has 0 unspecified atom stereocenters. The van der Waals surface area contributed by atoms with Crippen molar-refractivity contribution in [1.82, 2.24) is 0 Å². The Morgan fingerprint density at radius 3 is 2.29 bits per heavy atom. The van der Waals surface area contributed by atoms with E-state index in [-0.39, 0.29) is 5.75 Å². The molecule has 0 bridgehead atoms. The van der Waals surface area contributed by atoms with Gasteiger partial charge in [-0.15, -0.1) is 0 Å². The average molecular weight is 260 g/mol. The molecule has 0 saturated heterocycles. The highest BCUT2D eigenvalue weighted by atomic mass is 31.2. The van der Waals surface area contributed by atoms with Gasteiger partial charge in [-0.05, 0) is 24.1 Å². The number of carbonyl (C=O) groups is 1. The van der Waals surface area contributed by atoms with Crippen LogP contribution in [0.2, 0.25) is 0 Å². The van der Waals surface area contributed by atoms with Crippen LogP contribution >= 0.6 is 7.82 Å². The number of carboxylic acid groups (broad SMARTS) is 1. The summed E-state index contributed by atoms with van der Waals surface area (Å²) < 4.78 is 14.9. The fourth-order valence-corrected chi connectivity index (χ4v) is 1.66. The van der Waals surface area contributed by atoms with Crippen LogP contribution in [0, 0.1) is 5.92 Å². The third-order valence-electron chi connectivity index (χ3n) is 2.11. The number of carboxylic acids is 1. The number of benzene rings is 1. The number of phosphoric ester groups is 1. The summed E-state index contributed by atoms with van der Waals surface area (Å²) in [5.74, 6) is -1.35. The van der Waals surface area contributed by atoms with Crippen molar-refractivity contribution in [2.45, 2.75) is 13.3 Å². The molecule has 0 aliphatic rings. The van der Waals surface area contributed by atoms with Gasteiger partial charge in [0.05, 0.1) is 5.92 Å². The van der Waals surface area contributed by atoms with Gasteiger partial charge in [-0.25, -0.2) is 4.57 Å². The minimum absolute atomic E-state index is 0.0464. The monoisotopic (exact) mass is 260 g/mol. The molecule has 1 rings (SSSR count). The van der Waals surface area contributed by atoms with Crippen LogP contribution in [-0.4, -0.2) is 20.9 Å². The molecule has 94 valence electrons. The second-order valence-electron chi connectivity index (χ2n) is 3.67. The third kappa shape index (κ3) is 4.99. The Morgan fingerprint density at radius 1 is 1.35 bits per heavy atom. The van der Waals surface area contributed by atoms with Crippen LogP contribution in [0.5, 0.6) is 5.75 Å². The van der Waals surface area contributed by atoms with Gasteiger partial charge in [0.25, 0.3) is 0 Å². The lowest BCUT2D eigenvalue weighted by Crippen LogP contribution is -2.12. The van der Waals surface area contributed by atoms with Crippen molar-refractivity contribution >= 4 is 13.8 Å². The largest absolute Gasteiger partial charge is 0.524 e. The molecular formula is C10H13O6P. The van der Waals surface area contributed by atoms with E-state index in [1.165, 1.54) is 12.1 Å². The second-order valence-corrected chi connectivity index (χ2v) is 4.83. The molecule has 6 nitrogen and oxygen atoms in total. The van der Waals surface area contributed by atoms with Gasteiger partial charge in [0.1, 0.15) is 5.75 Å². The summed E-state index contributed by atoms with van der Waals surface area (Å²) in [5, 5.41) is 8.72. The average Bonchev–Trinajstić information content (AvgIpc) is 2.18. The van der Waals surface area contributed by atoms with E-state index in [9.17, 15) is 9.36 Å². The summed E-state index contributed by atoms with van der Waals surface area (Å²) in [4.78, 5) is 27.8. The highest BCUT2D eigenvalue weighted by Crippen LogP contribution is 2.37. The summed E-state index contributed by atoms with van der Waals surface area (Å²) in [5.41, 5.74) is 0.762. The van der Waals surface area contributed by atoms with Gasteiger partial charge in [-0.1, -0.05) is 19.1 Å². The summed E-state index contributed by atoms with van der Waals surface area (Å²) in [6, 6.07) is 5.93. The molecule has 0 fully saturated rings. The van der Waals surface area contributed by atoms with Crippen LogP contribution in [0.4, 0.5) is 0 Å². The Labute approximate surface area is 98.1 Å². The van der Waals surface area contributed by atoms with Crippen LogP contribution in [-0.2, 0) is 15.8 Å². The lowest BCUT2D eigenvalue weighted by atomic mass is 10.0. The molecule has 0 heterocycles. The molecule has 0 spiro atoms. The number of phosphoric acid groups is 1. The minimum Gasteiger partial charge on any atom is -0.481 e. The number of rotatable bonds is 5. The zero-order valence-electron chi connectivity index (χ0n) is 9.11. The first kappa shape index (κ1) is 13.7. The van der Waals surface area contributed by atoms with Crippen molar-refractivity contribution in [1.29, 1.82) is 0 Å². The molecular weight excluding hydrogens is 247 g/mol. The summed E-state index contributed by atoms with van der Waals surface area (Å²) >= 11 is 0. The molecule has 0 aliphatic heterocycles. The zero-order chi connectivity index (χ0) is 13.1. The van der Waals surface area contributed by atoms with Crippen molar-refractivity contribution in [2.75, 3.05) is 0 Å². The van der Waals surface area contributed by atoms with E-state index in [1.54, 1.807) is 19.1 Å². The Kier molecular flexibility index (Phi) is 4.28. The first-order chi connectivity index (χ1) is 7.78. The summed E-state index contributed by atoms with van der Waals surface area (Å²) in [6.07, 6.45) is 0.353. The van der Waals surface area contributed by atoms with Crippen LogP contribution in [0.3, 0.4) is 0 Å². The molecule has 0 saturated carbocycles. The molecule has 0 radical (unpaired) electrons. The van der Waals surface area contributed by atoms with E-state index in [0.717, 1.165) is 5.56 Å². The van der Waals surface area contributed by atoms with Crippen molar-refractivity contribution in [3.05, 3.63) is 29.8 Å². The normalized spacial score (nSPS) is 13.1. The maximum Gasteiger partial charge on any atom is 0.524 e. The second kappa shape index (κ2) is 5.31. The Morgan fingerprint density at radius 2 is 1.88 bits per heavy atom. The molecule has 3 N–H and O–H groups in total. The Bertz CT molecular complexity index is 435. The first-order valence-electron chi connectivity index (χ1n) is 4.85. The number of aliphatic carboxylic acids is 1. The topological polar surface area (TPSA) is 104 Å². The molecule has 7 heteroatoms. The van der Waals surface area contributed by atoms with Crippen LogP contribution in [0.15, 0.2) is 24.3 Å². The standard InChI is InChI=1S/C10H13O6P/c1-7(10(11)12)6-8-2-4-9(5-3-8)16-17(13,14)15/h2-5,7H,6H2,1H3,(H,11,12)(H2,13,14,15)/t7-/m0/s1. The molecule has 1 aromatic carbocycles. The Balaban J connectivity index is 2.68. The smallest absolute Gasteiger partial charge is 0.481 e. The van der Waals surface area contributed by atoms with E-state index >= 15 is 0 Å².